The molecular weight excluding hydrogens is 373 g/mol. The van der Waals surface area contributed by atoms with Crippen LogP contribution in [0.1, 0.15) is 34.6 Å². The van der Waals surface area contributed by atoms with Gasteiger partial charge in [0, 0.05) is 18.0 Å². The Hall–Kier alpha value is -3.46. The highest BCUT2D eigenvalue weighted by Crippen LogP contribution is 2.44. The van der Waals surface area contributed by atoms with Gasteiger partial charge in [0.15, 0.2) is 0 Å². The predicted octanol–water partition coefficient (Wildman–Crippen LogP) is 6.36. The number of carbonyl (C=O) groups excluding carboxylic acids is 1. The number of hydrogen-bond acceptors (Lipinski definition) is 1. The minimum absolute atomic E-state index is 0.0899. The van der Waals surface area contributed by atoms with Gasteiger partial charge in [-0.1, -0.05) is 72.3 Å². The first-order valence-corrected chi connectivity index (χ1v) is 10.2. The fourth-order valence-electron chi connectivity index (χ4n) is 4.55. The Labute approximate surface area is 175 Å². The lowest BCUT2D eigenvalue weighted by Crippen LogP contribution is -2.36. The van der Waals surface area contributed by atoms with Crippen LogP contribution >= 0.6 is 0 Å². The third kappa shape index (κ3) is 3.26. The second-order valence-corrected chi connectivity index (χ2v) is 8.00. The molecule has 0 saturated heterocycles. The molecule has 0 aliphatic carbocycles. The van der Waals surface area contributed by atoms with E-state index in [4.69, 9.17) is 0 Å². The maximum Gasteiger partial charge on any atom is 0.228 e. The molecule has 0 bridgehead atoms. The summed E-state index contributed by atoms with van der Waals surface area (Å²) in [7, 11) is 0. The standard InChI is InChI=1S/C27H22FNO/c1-18-5-4-6-19(15-18)17-29-25-14-11-20-7-2-3-8-23(20)27(25)24(16-26(29)30)21-9-12-22(28)13-10-21/h2-15,24H,16-17H2,1H3. The molecule has 0 N–H and O–H groups in total. The van der Waals surface area contributed by atoms with E-state index in [2.05, 4.69) is 49.4 Å². The molecule has 30 heavy (non-hydrogen) atoms. The molecule has 4 aromatic carbocycles. The molecule has 0 aromatic heterocycles. The Morgan fingerprint density at radius 2 is 1.73 bits per heavy atom. The quantitative estimate of drug-likeness (QED) is 0.395. The van der Waals surface area contributed by atoms with Crippen LogP contribution in [0.3, 0.4) is 0 Å². The van der Waals surface area contributed by atoms with Crippen molar-refractivity contribution >= 4 is 22.4 Å². The predicted molar refractivity (Wildman–Crippen MR) is 119 cm³/mol. The van der Waals surface area contributed by atoms with E-state index in [1.165, 1.54) is 17.7 Å². The zero-order valence-electron chi connectivity index (χ0n) is 16.8. The molecule has 1 unspecified atom stereocenters. The van der Waals surface area contributed by atoms with Gasteiger partial charge in [-0.25, -0.2) is 4.39 Å². The summed E-state index contributed by atoms with van der Waals surface area (Å²) in [5.41, 5.74) is 5.35. The Morgan fingerprint density at radius 3 is 2.53 bits per heavy atom. The summed E-state index contributed by atoms with van der Waals surface area (Å²) in [6.07, 6.45) is 0.373. The largest absolute Gasteiger partial charge is 0.308 e. The lowest BCUT2D eigenvalue weighted by molar-refractivity contribution is -0.119. The van der Waals surface area contributed by atoms with Gasteiger partial charge >= 0.3 is 0 Å². The van der Waals surface area contributed by atoms with Crippen LogP contribution < -0.4 is 4.90 Å². The van der Waals surface area contributed by atoms with Crippen molar-refractivity contribution in [2.45, 2.75) is 25.8 Å². The average molecular weight is 395 g/mol. The maximum atomic E-state index is 13.5. The van der Waals surface area contributed by atoms with E-state index < -0.39 is 0 Å². The SMILES string of the molecule is Cc1cccc(CN2C(=O)CC(c3ccc(F)cc3)c3c2ccc2ccccc32)c1. The molecule has 1 aliphatic heterocycles. The van der Waals surface area contributed by atoms with Gasteiger partial charge in [0.1, 0.15) is 5.82 Å². The summed E-state index contributed by atoms with van der Waals surface area (Å²) in [4.78, 5) is 15.2. The Morgan fingerprint density at radius 1 is 0.933 bits per heavy atom. The molecule has 1 aliphatic rings. The second-order valence-electron chi connectivity index (χ2n) is 8.00. The number of carbonyl (C=O) groups is 1. The van der Waals surface area contributed by atoms with Gasteiger partial charge in [-0.15, -0.1) is 0 Å². The normalized spacial score (nSPS) is 16.0. The summed E-state index contributed by atoms with van der Waals surface area (Å²) in [6.45, 7) is 2.61. The van der Waals surface area contributed by atoms with E-state index in [1.807, 2.05) is 23.1 Å². The minimum atomic E-state index is -0.264. The Bertz CT molecular complexity index is 1250. The zero-order valence-corrected chi connectivity index (χ0v) is 16.8. The summed E-state index contributed by atoms with van der Waals surface area (Å²) in [6, 6.07) is 27.2. The van der Waals surface area contributed by atoms with Crippen molar-refractivity contribution < 1.29 is 9.18 Å². The van der Waals surface area contributed by atoms with Crippen molar-refractivity contribution in [3.63, 3.8) is 0 Å². The first kappa shape index (κ1) is 18.6. The van der Waals surface area contributed by atoms with Crippen molar-refractivity contribution in [2.24, 2.45) is 0 Å². The van der Waals surface area contributed by atoms with E-state index >= 15 is 0 Å². The summed E-state index contributed by atoms with van der Waals surface area (Å²) in [5.74, 6) is -0.262. The van der Waals surface area contributed by atoms with Crippen molar-refractivity contribution in [1.29, 1.82) is 0 Å². The molecule has 0 spiro atoms. The number of benzene rings is 4. The molecule has 3 heteroatoms. The number of anilines is 1. The number of nitrogens with zero attached hydrogens (tertiary/aromatic N) is 1. The first-order chi connectivity index (χ1) is 14.6. The highest BCUT2D eigenvalue weighted by atomic mass is 19.1. The Balaban J connectivity index is 1.68. The smallest absolute Gasteiger partial charge is 0.228 e. The third-order valence-electron chi connectivity index (χ3n) is 5.96. The van der Waals surface area contributed by atoms with Crippen LogP contribution in [-0.4, -0.2) is 5.91 Å². The summed E-state index contributed by atoms with van der Waals surface area (Å²) < 4.78 is 13.5. The molecule has 1 amide bonds. The molecule has 0 radical (unpaired) electrons. The lowest BCUT2D eigenvalue weighted by Gasteiger charge is -2.35. The second kappa shape index (κ2) is 7.42. The van der Waals surface area contributed by atoms with Gasteiger partial charge in [0.05, 0.1) is 6.54 Å². The summed E-state index contributed by atoms with van der Waals surface area (Å²) in [5, 5.41) is 2.29. The van der Waals surface area contributed by atoms with Crippen LogP contribution in [0.25, 0.3) is 10.8 Å². The van der Waals surface area contributed by atoms with Crippen LogP contribution in [0.4, 0.5) is 10.1 Å². The van der Waals surface area contributed by atoms with Crippen molar-refractivity contribution in [3.8, 4) is 0 Å². The molecule has 0 saturated carbocycles. The highest BCUT2D eigenvalue weighted by molar-refractivity contribution is 6.03. The van der Waals surface area contributed by atoms with Gasteiger partial charge in [0.2, 0.25) is 5.91 Å². The molecule has 4 aromatic rings. The maximum absolute atomic E-state index is 13.5. The molecule has 0 fully saturated rings. The van der Waals surface area contributed by atoms with E-state index in [1.54, 1.807) is 12.1 Å². The number of halogens is 1. The molecule has 5 rings (SSSR count). The van der Waals surface area contributed by atoms with Gasteiger partial charge in [-0.3, -0.25) is 4.79 Å². The first-order valence-electron chi connectivity index (χ1n) is 10.2. The van der Waals surface area contributed by atoms with Crippen molar-refractivity contribution in [2.75, 3.05) is 4.90 Å². The van der Waals surface area contributed by atoms with Gasteiger partial charge < -0.3 is 4.90 Å². The lowest BCUT2D eigenvalue weighted by atomic mass is 9.81. The Kier molecular flexibility index (Phi) is 4.59. The van der Waals surface area contributed by atoms with Crippen LogP contribution in [0, 0.1) is 12.7 Å². The highest BCUT2D eigenvalue weighted by Gasteiger charge is 2.33. The number of aryl methyl sites for hydroxylation is 1. The summed E-state index contributed by atoms with van der Waals surface area (Å²) >= 11 is 0. The van der Waals surface area contributed by atoms with E-state index in [-0.39, 0.29) is 17.6 Å². The van der Waals surface area contributed by atoms with Crippen LogP contribution in [-0.2, 0) is 11.3 Å². The van der Waals surface area contributed by atoms with E-state index in [9.17, 15) is 9.18 Å². The topological polar surface area (TPSA) is 20.3 Å². The van der Waals surface area contributed by atoms with Crippen LogP contribution in [0.2, 0.25) is 0 Å². The van der Waals surface area contributed by atoms with Gasteiger partial charge in [-0.05, 0) is 52.6 Å². The average Bonchev–Trinajstić information content (AvgIpc) is 2.76. The number of rotatable bonds is 3. The van der Waals surface area contributed by atoms with Crippen molar-refractivity contribution in [1.82, 2.24) is 0 Å². The van der Waals surface area contributed by atoms with Crippen LogP contribution in [0.15, 0.2) is 84.9 Å². The number of amides is 1. The molecule has 2 nitrogen and oxygen atoms in total. The van der Waals surface area contributed by atoms with Gasteiger partial charge in [0.25, 0.3) is 0 Å². The van der Waals surface area contributed by atoms with Crippen molar-refractivity contribution in [3.05, 3.63) is 113 Å². The van der Waals surface area contributed by atoms with E-state index in [0.29, 0.717) is 13.0 Å². The van der Waals surface area contributed by atoms with Gasteiger partial charge in [-0.2, -0.15) is 0 Å². The van der Waals surface area contributed by atoms with Crippen LogP contribution in [0.5, 0.6) is 0 Å². The molecule has 1 atom stereocenters. The molecule has 148 valence electrons. The monoisotopic (exact) mass is 395 g/mol. The third-order valence-corrected chi connectivity index (χ3v) is 5.96. The molecular formula is C27H22FNO. The zero-order chi connectivity index (χ0) is 20.7. The number of fused-ring (bicyclic) bond motifs is 3. The molecule has 1 heterocycles. The number of hydrogen-bond donors (Lipinski definition) is 0. The van der Waals surface area contributed by atoms with E-state index in [0.717, 1.165) is 33.2 Å². The fraction of sp³-hybridized carbons (Fsp3) is 0.148. The minimum Gasteiger partial charge on any atom is -0.308 e. The fourth-order valence-corrected chi connectivity index (χ4v) is 4.55.